The fourth-order valence-corrected chi connectivity index (χ4v) is 3.07. The zero-order valence-corrected chi connectivity index (χ0v) is 14.8. The lowest BCUT2D eigenvalue weighted by molar-refractivity contribution is 0.626. The third-order valence-electron chi connectivity index (χ3n) is 4.26. The molecule has 0 saturated heterocycles. The zero-order valence-electron chi connectivity index (χ0n) is 14.0. The molecular formula is C20H16ClFN4. The van der Waals surface area contributed by atoms with Crippen molar-refractivity contribution in [2.45, 2.75) is 13.0 Å². The van der Waals surface area contributed by atoms with E-state index >= 15 is 0 Å². The van der Waals surface area contributed by atoms with Crippen LogP contribution >= 0.6 is 11.6 Å². The van der Waals surface area contributed by atoms with Crippen LogP contribution in [0.25, 0.3) is 22.3 Å². The molecule has 0 aliphatic rings. The molecule has 0 radical (unpaired) electrons. The van der Waals surface area contributed by atoms with Crippen molar-refractivity contribution in [1.29, 1.82) is 0 Å². The van der Waals surface area contributed by atoms with Crippen molar-refractivity contribution in [3.05, 3.63) is 77.3 Å². The Morgan fingerprint density at radius 2 is 1.96 bits per heavy atom. The number of nitrogens with zero attached hydrogens (tertiary/aromatic N) is 2. The van der Waals surface area contributed by atoms with Crippen molar-refractivity contribution in [1.82, 2.24) is 15.0 Å². The van der Waals surface area contributed by atoms with E-state index in [1.165, 1.54) is 12.1 Å². The smallest absolute Gasteiger partial charge is 0.138 e. The molecule has 3 aromatic heterocycles. The van der Waals surface area contributed by atoms with Crippen molar-refractivity contribution in [2.24, 2.45) is 0 Å². The topological polar surface area (TPSA) is 53.6 Å². The largest absolute Gasteiger partial charge is 0.364 e. The van der Waals surface area contributed by atoms with Crippen molar-refractivity contribution >= 4 is 28.5 Å². The van der Waals surface area contributed by atoms with E-state index in [2.05, 4.69) is 15.3 Å². The Morgan fingerprint density at radius 1 is 1.15 bits per heavy atom. The molecule has 4 nitrogen and oxygen atoms in total. The number of H-pyrrole nitrogens is 1. The second-order valence-corrected chi connectivity index (χ2v) is 6.51. The Balaban J connectivity index is 1.64. The third kappa shape index (κ3) is 3.26. The molecule has 4 aromatic rings. The minimum Gasteiger partial charge on any atom is -0.364 e. The number of aromatic amines is 1. The van der Waals surface area contributed by atoms with Gasteiger partial charge in [0.1, 0.15) is 17.3 Å². The van der Waals surface area contributed by atoms with E-state index in [1.54, 1.807) is 18.3 Å². The molecule has 2 N–H and O–H groups in total. The third-order valence-corrected chi connectivity index (χ3v) is 4.46. The lowest BCUT2D eigenvalue weighted by Gasteiger charge is -2.15. The van der Waals surface area contributed by atoms with Crippen molar-refractivity contribution < 1.29 is 4.39 Å². The molecule has 0 spiro atoms. The number of hydrogen-bond donors (Lipinski definition) is 2. The summed E-state index contributed by atoms with van der Waals surface area (Å²) in [5.41, 5.74) is 3.51. The van der Waals surface area contributed by atoms with Gasteiger partial charge in [-0.2, -0.15) is 0 Å². The van der Waals surface area contributed by atoms with Gasteiger partial charge in [-0.25, -0.2) is 14.4 Å². The van der Waals surface area contributed by atoms with E-state index in [9.17, 15) is 4.39 Å². The van der Waals surface area contributed by atoms with Gasteiger partial charge >= 0.3 is 0 Å². The van der Waals surface area contributed by atoms with Gasteiger partial charge in [0.15, 0.2) is 0 Å². The molecule has 26 heavy (non-hydrogen) atoms. The average Bonchev–Trinajstić information content (AvgIpc) is 3.05. The van der Waals surface area contributed by atoms with Crippen LogP contribution in [0, 0.1) is 5.82 Å². The van der Waals surface area contributed by atoms with Crippen LogP contribution in [0.3, 0.4) is 0 Å². The number of anilines is 1. The summed E-state index contributed by atoms with van der Waals surface area (Å²) in [6.07, 6.45) is 3.49. The Labute approximate surface area is 155 Å². The number of halogens is 2. The maximum absolute atomic E-state index is 13.1. The van der Waals surface area contributed by atoms with Crippen LogP contribution in [0.2, 0.25) is 5.02 Å². The second-order valence-electron chi connectivity index (χ2n) is 6.08. The van der Waals surface area contributed by atoms with Crippen LogP contribution < -0.4 is 5.32 Å². The first-order valence-corrected chi connectivity index (χ1v) is 8.60. The highest BCUT2D eigenvalue weighted by Gasteiger charge is 2.11. The number of aromatic nitrogens is 3. The zero-order chi connectivity index (χ0) is 18.1. The van der Waals surface area contributed by atoms with Gasteiger partial charge in [0.05, 0.1) is 10.7 Å². The highest BCUT2D eigenvalue weighted by molar-refractivity contribution is 6.31. The number of nitrogens with one attached hydrogen (secondary N) is 2. The molecule has 0 aliphatic carbocycles. The number of fused-ring (bicyclic) bond motifs is 1. The van der Waals surface area contributed by atoms with E-state index in [0.717, 1.165) is 33.7 Å². The van der Waals surface area contributed by atoms with Gasteiger partial charge in [-0.3, -0.25) is 0 Å². The first-order valence-electron chi connectivity index (χ1n) is 8.22. The number of hydrogen-bond acceptors (Lipinski definition) is 3. The molecule has 0 bridgehead atoms. The molecule has 0 amide bonds. The van der Waals surface area contributed by atoms with E-state index < -0.39 is 0 Å². The molecule has 3 heterocycles. The van der Waals surface area contributed by atoms with Crippen LogP contribution in [-0.2, 0) is 0 Å². The van der Waals surface area contributed by atoms with E-state index in [0.29, 0.717) is 5.02 Å². The van der Waals surface area contributed by atoms with Gasteiger partial charge in [0, 0.05) is 29.4 Å². The fourth-order valence-electron chi connectivity index (χ4n) is 2.91. The van der Waals surface area contributed by atoms with Gasteiger partial charge in [0.25, 0.3) is 0 Å². The minimum absolute atomic E-state index is 0.00238. The number of pyridine rings is 2. The average molecular weight is 367 g/mol. The normalized spacial score (nSPS) is 12.3. The van der Waals surface area contributed by atoms with Crippen LogP contribution in [0.5, 0.6) is 0 Å². The van der Waals surface area contributed by atoms with Gasteiger partial charge in [-0.05, 0) is 42.8 Å². The predicted molar refractivity (Wildman–Crippen MR) is 103 cm³/mol. The molecule has 0 unspecified atom stereocenters. The molecule has 0 saturated carbocycles. The van der Waals surface area contributed by atoms with Gasteiger partial charge in [-0.1, -0.05) is 29.8 Å². The molecule has 0 aliphatic heterocycles. The molecular weight excluding hydrogens is 351 g/mol. The maximum Gasteiger partial charge on any atom is 0.138 e. The van der Waals surface area contributed by atoms with Gasteiger partial charge < -0.3 is 10.3 Å². The molecule has 130 valence electrons. The van der Waals surface area contributed by atoms with Crippen molar-refractivity contribution in [2.75, 3.05) is 5.32 Å². The van der Waals surface area contributed by atoms with E-state index in [4.69, 9.17) is 16.6 Å². The number of benzene rings is 1. The lowest BCUT2D eigenvalue weighted by atomic mass is 10.1. The molecule has 1 atom stereocenters. The van der Waals surface area contributed by atoms with Crippen LogP contribution in [0.1, 0.15) is 18.5 Å². The Kier molecular flexibility index (Phi) is 4.31. The highest BCUT2D eigenvalue weighted by atomic mass is 35.5. The fraction of sp³-hybridized carbons (Fsp3) is 0.100. The standard InChI is InChI=1S/C20H16ClFN4/c1-12(13-5-7-15(22)8-6-13)25-19-4-2-3-18(26-19)17-11-24-20-16(17)9-14(21)10-23-20/h2-12H,1H3,(H,23,24)(H,25,26)/t12-/m1/s1. The molecule has 1 aromatic carbocycles. The minimum atomic E-state index is -0.243. The lowest BCUT2D eigenvalue weighted by Crippen LogP contribution is -2.08. The maximum atomic E-state index is 13.1. The van der Waals surface area contributed by atoms with E-state index in [-0.39, 0.29) is 11.9 Å². The summed E-state index contributed by atoms with van der Waals surface area (Å²) < 4.78 is 13.1. The van der Waals surface area contributed by atoms with Crippen molar-refractivity contribution in [3.8, 4) is 11.3 Å². The predicted octanol–water partition coefficient (Wildman–Crippen LogP) is 5.59. The molecule has 0 fully saturated rings. The number of rotatable bonds is 4. The summed E-state index contributed by atoms with van der Waals surface area (Å²) >= 11 is 6.08. The molecule has 6 heteroatoms. The van der Waals surface area contributed by atoms with Gasteiger partial charge in [0.2, 0.25) is 0 Å². The van der Waals surface area contributed by atoms with E-state index in [1.807, 2.05) is 37.4 Å². The summed E-state index contributed by atoms with van der Waals surface area (Å²) in [5, 5.41) is 4.86. The van der Waals surface area contributed by atoms with Crippen molar-refractivity contribution in [3.63, 3.8) is 0 Å². The first kappa shape index (κ1) is 16.5. The molecule has 4 rings (SSSR count). The van der Waals surface area contributed by atoms with Crippen LogP contribution in [0.15, 0.2) is 60.9 Å². The first-order chi connectivity index (χ1) is 12.6. The Morgan fingerprint density at radius 3 is 2.77 bits per heavy atom. The SMILES string of the molecule is C[C@@H](Nc1cccc(-c2c[nH]c3ncc(Cl)cc23)n1)c1ccc(F)cc1. The van der Waals surface area contributed by atoms with Crippen LogP contribution in [0.4, 0.5) is 10.2 Å². The van der Waals surface area contributed by atoms with Crippen LogP contribution in [-0.4, -0.2) is 15.0 Å². The van der Waals surface area contributed by atoms with Gasteiger partial charge in [-0.15, -0.1) is 0 Å². The quantitative estimate of drug-likeness (QED) is 0.495. The summed E-state index contributed by atoms with van der Waals surface area (Å²) in [5.74, 6) is 0.497. The summed E-state index contributed by atoms with van der Waals surface area (Å²) in [4.78, 5) is 12.1. The second kappa shape index (κ2) is 6.77. The monoisotopic (exact) mass is 366 g/mol. The highest BCUT2D eigenvalue weighted by Crippen LogP contribution is 2.29. The summed E-state index contributed by atoms with van der Waals surface area (Å²) in [6.45, 7) is 2.01. The summed E-state index contributed by atoms with van der Waals surface area (Å²) in [7, 11) is 0. The Hall–Kier alpha value is -2.92. The Bertz CT molecular complexity index is 1060. The summed E-state index contributed by atoms with van der Waals surface area (Å²) in [6, 6.07) is 14.1.